The average Bonchev–Trinajstić information content (AvgIpc) is 2.62. The Labute approximate surface area is 151 Å². The number of carbonyl (C=O) groups excluding carboxylic acids is 2. The lowest BCUT2D eigenvalue weighted by atomic mass is 10.1. The van der Waals surface area contributed by atoms with Gasteiger partial charge in [0.25, 0.3) is 5.91 Å². The SMILES string of the molecule is CCOC(=O)Nc1ccc(C(=O)N(C)Cc2ccc(OC)c(F)c2)cc1. The van der Waals surface area contributed by atoms with E-state index in [2.05, 4.69) is 5.32 Å². The highest BCUT2D eigenvalue weighted by atomic mass is 19.1. The van der Waals surface area contributed by atoms with E-state index in [9.17, 15) is 14.0 Å². The lowest BCUT2D eigenvalue weighted by Crippen LogP contribution is -2.26. The van der Waals surface area contributed by atoms with Crippen LogP contribution in [-0.4, -0.2) is 37.7 Å². The van der Waals surface area contributed by atoms with Crippen molar-refractivity contribution >= 4 is 17.7 Å². The topological polar surface area (TPSA) is 67.9 Å². The number of hydrogen-bond donors (Lipinski definition) is 1. The van der Waals surface area contributed by atoms with Crippen molar-refractivity contribution in [3.63, 3.8) is 0 Å². The van der Waals surface area contributed by atoms with E-state index in [4.69, 9.17) is 9.47 Å². The third-order valence-corrected chi connectivity index (χ3v) is 3.64. The molecule has 0 saturated heterocycles. The summed E-state index contributed by atoms with van der Waals surface area (Å²) in [7, 11) is 3.03. The molecule has 0 aliphatic rings. The summed E-state index contributed by atoms with van der Waals surface area (Å²) in [5, 5.41) is 2.56. The van der Waals surface area contributed by atoms with Crippen molar-refractivity contribution in [3.8, 4) is 5.75 Å². The van der Waals surface area contributed by atoms with E-state index in [0.29, 0.717) is 16.8 Å². The van der Waals surface area contributed by atoms with E-state index in [-0.39, 0.29) is 24.8 Å². The van der Waals surface area contributed by atoms with Crippen LogP contribution in [0.3, 0.4) is 0 Å². The molecule has 2 rings (SSSR count). The van der Waals surface area contributed by atoms with Gasteiger partial charge in [0.1, 0.15) is 0 Å². The zero-order valence-corrected chi connectivity index (χ0v) is 14.9. The second kappa shape index (κ2) is 8.84. The van der Waals surface area contributed by atoms with Gasteiger partial charge < -0.3 is 14.4 Å². The van der Waals surface area contributed by atoms with Gasteiger partial charge in [-0.25, -0.2) is 9.18 Å². The van der Waals surface area contributed by atoms with E-state index >= 15 is 0 Å². The molecule has 0 aromatic heterocycles. The molecule has 2 aromatic rings. The van der Waals surface area contributed by atoms with Crippen LogP contribution < -0.4 is 10.1 Å². The maximum Gasteiger partial charge on any atom is 0.411 e. The standard InChI is InChI=1S/C19H21FN2O4/c1-4-26-19(24)21-15-8-6-14(7-9-15)18(23)22(2)12-13-5-10-17(25-3)16(20)11-13/h5-11H,4,12H2,1-3H3,(H,21,24). The van der Waals surface area contributed by atoms with Crippen LogP contribution >= 0.6 is 0 Å². The summed E-state index contributed by atoms with van der Waals surface area (Å²) >= 11 is 0. The summed E-state index contributed by atoms with van der Waals surface area (Å²) in [5.41, 5.74) is 1.63. The molecule has 2 amide bonds. The van der Waals surface area contributed by atoms with Gasteiger partial charge in [-0.3, -0.25) is 10.1 Å². The summed E-state index contributed by atoms with van der Waals surface area (Å²) in [4.78, 5) is 25.3. The minimum atomic E-state index is -0.551. The average molecular weight is 360 g/mol. The maximum absolute atomic E-state index is 13.8. The first kappa shape index (κ1) is 19.2. The molecule has 0 aliphatic heterocycles. The first-order valence-corrected chi connectivity index (χ1v) is 8.06. The molecule has 26 heavy (non-hydrogen) atoms. The number of amides is 2. The van der Waals surface area contributed by atoms with Crippen molar-refractivity contribution in [2.45, 2.75) is 13.5 Å². The first-order chi connectivity index (χ1) is 12.4. The lowest BCUT2D eigenvalue weighted by Gasteiger charge is -2.18. The van der Waals surface area contributed by atoms with Crippen LogP contribution in [0.5, 0.6) is 5.75 Å². The molecule has 0 aliphatic carbocycles. The number of anilines is 1. The fourth-order valence-electron chi connectivity index (χ4n) is 2.36. The largest absolute Gasteiger partial charge is 0.494 e. The number of halogens is 1. The monoisotopic (exact) mass is 360 g/mol. The van der Waals surface area contributed by atoms with Gasteiger partial charge >= 0.3 is 6.09 Å². The zero-order chi connectivity index (χ0) is 19.1. The van der Waals surface area contributed by atoms with E-state index in [1.807, 2.05) is 0 Å². The molecule has 138 valence electrons. The summed E-state index contributed by atoms with van der Waals surface area (Å²) in [6, 6.07) is 11.0. The van der Waals surface area contributed by atoms with Crippen molar-refractivity contribution in [1.82, 2.24) is 4.90 Å². The van der Waals surface area contributed by atoms with E-state index < -0.39 is 11.9 Å². The minimum Gasteiger partial charge on any atom is -0.494 e. The van der Waals surface area contributed by atoms with Crippen LogP contribution in [0.25, 0.3) is 0 Å². The van der Waals surface area contributed by atoms with Gasteiger partial charge in [0.15, 0.2) is 11.6 Å². The number of rotatable bonds is 6. The Hall–Kier alpha value is -3.09. The fraction of sp³-hybridized carbons (Fsp3) is 0.263. The summed E-state index contributed by atoms with van der Waals surface area (Å²) in [5.74, 6) is -0.531. The van der Waals surface area contributed by atoms with Crippen molar-refractivity contribution in [1.29, 1.82) is 0 Å². The molecule has 0 saturated carbocycles. The Morgan fingerprint density at radius 1 is 1.15 bits per heavy atom. The van der Waals surface area contributed by atoms with Crippen molar-refractivity contribution in [2.75, 3.05) is 26.1 Å². The van der Waals surface area contributed by atoms with E-state index in [0.717, 1.165) is 0 Å². The maximum atomic E-state index is 13.8. The number of benzene rings is 2. The highest BCUT2D eigenvalue weighted by Crippen LogP contribution is 2.19. The summed E-state index contributed by atoms with van der Waals surface area (Å²) in [6.45, 7) is 2.24. The summed E-state index contributed by atoms with van der Waals surface area (Å²) < 4.78 is 23.4. The molecular weight excluding hydrogens is 339 g/mol. The van der Waals surface area contributed by atoms with Crippen LogP contribution in [0.15, 0.2) is 42.5 Å². The number of nitrogens with one attached hydrogen (secondary N) is 1. The van der Waals surface area contributed by atoms with Crippen molar-refractivity contribution < 1.29 is 23.5 Å². The molecule has 0 heterocycles. The Kier molecular flexibility index (Phi) is 6.54. The van der Waals surface area contributed by atoms with Crippen LogP contribution in [0.4, 0.5) is 14.9 Å². The molecule has 0 fully saturated rings. The minimum absolute atomic E-state index is 0.160. The molecule has 7 heteroatoms. The zero-order valence-electron chi connectivity index (χ0n) is 14.9. The van der Waals surface area contributed by atoms with Crippen LogP contribution in [0.1, 0.15) is 22.8 Å². The van der Waals surface area contributed by atoms with Gasteiger partial charge in [-0.15, -0.1) is 0 Å². The Balaban J connectivity index is 2.01. The molecule has 0 atom stereocenters. The highest BCUT2D eigenvalue weighted by Gasteiger charge is 2.13. The normalized spacial score (nSPS) is 10.2. The molecule has 0 unspecified atom stereocenters. The quantitative estimate of drug-likeness (QED) is 0.853. The number of hydrogen-bond acceptors (Lipinski definition) is 4. The first-order valence-electron chi connectivity index (χ1n) is 8.06. The highest BCUT2D eigenvalue weighted by molar-refractivity contribution is 5.95. The second-order valence-electron chi connectivity index (χ2n) is 5.55. The molecule has 1 N–H and O–H groups in total. The molecule has 0 bridgehead atoms. The van der Waals surface area contributed by atoms with Gasteiger partial charge in [0.05, 0.1) is 13.7 Å². The molecule has 2 aromatic carbocycles. The second-order valence-corrected chi connectivity index (χ2v) is 5.55. The Morgan fingerprint density at radius 3 is 2.42 bits per heavy atom. The number of methoxy groups -OCH3 is 1. The van der Waals surface area contributed by atoms with Gasteiger partial charge in [-0.1, -0.05) is 6.07 Å². The predicted octanol–water partition coefficient (Wildman–Crippen LogP) is 3.67. The molecule has 0 radical (unpaired) electrons. The van der Waals surface area contributed by atoms with Crippen LogP contribution in [0.2, 0.25) is 0 Å². The van der Waals surface area contributed by atoms with Gasteiger partial charge in [-0.05, 0) is 48.9 Å². The molecular formula is C19H21FN2O4. The Bertz CT molecular complexity index is 778. The molecule has 6 nitrogen and oxygen atoms in total. The van der Waals surface area contributed by atoms with Crippen molar-refractivity contribution in [2.24, 2.45) is 0 Å². The molecule has 0 spiro atoms. The van der Waals surface area contributed by atoms with Gasteiger partial charge in [-0.2, -0.15) is 0 Å². The number of nitrogens with zero attached hydrogens (tertiary/aromatic N) is 1. The third kappa shape index (κ3) is 4.95. The lowest BCUT2D eigenvalue weighted by molar-refractivity contribution is 0.0785. The van der Waals surface area contributed by atoms with E-state index in [1.165, 1.54) is 24.1 Å². The summed E-state index contributed by atoms with van der Waals surface area (Å²) in [6.07, 6.45) is -0.551. The number of carbonyl (C=O) groups is 2. The Morgan fingerprint density at radius 2 is 1.85 bits per heavy atom. The third-order valence-electron chi connectivity index (χ3n) is 3.64. The number of ether oxygens (including phenoxy) is 2. The smallest absolute Gasteiger partial charge is 0.411 e. The van der Waals surface area contributed by atoms with Crippen molar-refractivity contribution in [3.05, 3.63) is 59.4 Å². The van der Waals surface area contributed by atoms with Crippen LogP contribution in [-0.2, 0) is 11.3 Å². The fourth-order valence-corrected chi connectivity index (χ4v) is 2.36. The van der Waals surface area contributed by atoms with Crippen LogP contribution in [0, 0.1) is 5.82 Å². The predicted molar refractivity (Wildman–Crippen MR) is 95.8 cm³/mol. The van der Waals surface area contributed by atoms with Gasteiger partial charge in [0, 0.05) is 24.8 Å². The van der Waals surface area contributed by atoms with E-state index in [1.54, 1.807) is 44.3 Å². The van der Waals surface area contributed by atoms with Gasteiger partial charge in [0.2, 0.25) is 0 Å².